The van der Waals surface area contributed by atoms with E-state index in [9.17, 15) is 0 Å². The molecule has 2 nitrogen and oxygen atoms in total. The van der Waals surface area contributed by atoms with Gasteiger partial charge in [-0.2, -0.15) is 0 Å². The van der Waals surface area contributed by atoms with Crippen molar-refractivity contribution in [3.05, 3.63) is 11.6 Å². The van der Waals surface area contributed by atoms with E-state index in [1.165, 1.54) is 32.1 Å². The molecule has 0 aromatic carbocycles. The van der Waals surface area contributed by atoms with Crippen LogP contribution in [0.1, 0.15) is 52.4 Å². The summed E-state index contributed by atoms with van der Waals surface area (Å²) >= 11 is 0. The molecule has 0 saturated heterocycles. The Morgan fingerprint density at radius 1 is 1.44 bits per heavy atom. The van der Waals surface area contributed by atoms with Gasteiger partial charge in [-0.1, -0.05) is 25.0 Å². The van der Waals surface area contributed by atoms with Crippen molar-refractivity contribution in [3.63, 3.8) is 0 Å². The fourth-order valence-electron chi connectivity index (χ4n) is 2.65. The molecule has 1 N–H and O–H groups in total. The number of allylic oxidation sites excluding steroid dienone is 1. The molecule has 0 amide bonds. The molecule has 0 radical (unpaired) electrons. The molecular weight excluding hydrogens is 198 g/mol. The van der Waals surface area contributed by atoms with Crippen LogP contribution >= 0.6 is 0 Å². The molecule has 1 aliphatic carbocycles. The number of methoxy groups -OCH3 is 1. The van der Waals surface area contributed by atoms with Crippen LogP contribution in [0.5, 0.6) is 0 Å². The molecular formula is C14H27NO. The van der Waals surface area contributed by atoms with Crippen LogP contribution in [0, 0.1) is 0 Å². The van der Waals surface area contributed by atoms with Crippen LogP contribution in [0.15, 0.2) is 11.6 Å². The minimum atomic E-state index is -0.0784. The highest BCUT2D eigenvalue weighted by Crippen LogP contribution is 2.29. The van der Waals surface area contributed by atoms with E-state index in [1.54, 1.807) is 5.57 Å². The first-order valence-electron chi connectivity index (χ1n) is 6.59. The Hall–Kier alpha value is -0.340. The third kappa shape index (κ3) is 3.08. The molecule has 94 valence electrons. The van der Waals surface area contributed by atoms with E-state index in [0.29, 0.717) is 6.04 Å². The summed E-state index contributed by atoms with van der Waals surface area (Å²) < 4.78 is 5.73. The third-order valence-corrected chi connectivity index (χ3v) is 4.01. The number of nitrogens with one attached hydrogen (secondary N) is 1. The van der Waals surface area contributed by atoms with Gasteiger partial charge in [0.15, 0.2) is 0 Å². The van der Waals surface area contributed by atoms with Gasteiger partial charge in [0.2, 0.25) is 0 Å². The Bertz CT molecular complexity index is 231. The highest BCUT2D eigenvalue weighted by atomic mass is 16.5. The third-order valence-electron chi connectivity index (χ3n) is 4.01. The van der Waals surface area contributed by atoms with Gasteiger partial charge in [0.05, 0.1) is 11.6 Å². The van der Waals surface area contributed by atoms with E-state index < -0.39 is 0 Å². The Labute approximate surface area is 100 Å². The minimum Gasteiger partial charge on any atom is -0.377 e. The van der Waals surface area contributed by atoms with E-state index in [2.05, 4.69) is 25.2 Å². The average Bonchev–Trinajstić information content (AvgIpc) is 2.58. The van der Waals surface area contributed by atoms with Crippen LogP contribution in [0.3, 0.4) is 0 Å². The molecule has 0 spiro atoms. The van der Waals surface area contributed by atoms with E-state index in [4.69, 9.17) is 4.74 Å². The van der Waals surface area contributed by atoms with Crippen LogP contribution in [0.25, 0.3) is 0 Å². The number of hydrogen-bond acceptors (Lipinski definition) is 2. The fraction of sp³-hybridized carbons (Fsp3) is 0.857. The van der Waals surface area contributed by atoms with Gasteiger partial charge in [0.1, 0.15) is 0 Å². The lowest BCUT2D eigenvalue weighted by molar-refractivity contribution is -0.0181. The zero-order valence-electron chi connectivity index (χ0n) is 11.3. The zero-order valence-corrected chi connectivity index (χ0v) is 11.3. The molecule has 2 unspecified atom stereocenters. The summed E-state index contributed by atoms with van der Waals surface area (Å²) in [5.74, 6) is 0. The summed E-state index contributed by atoms with van der Waals surface area (Å²) in [5.41, 5.74) is 1.47. The summed E-state index contributed by atoms with van der Waals surface area (Å²) in [6.45, 7) is 4.41. The maximum Gasteiger partial charge on any atom is 0.0838 e. The molecule has 0 saturated carbocycles. The first-order valence-corrected chi connectivity index (χ1v) is 6.59. The number of ether oxygens (including phenoxy) is 1. The summed E-state index contributed by atoms with van der Waals surface area (Å²) in [7, 11) is 3.87. The van der Waals surface area contributed by atoms with Gasteiger partial charge in [-0.25, -0.2) is 0 Å². The van der Waals surface area contributed by atoms with E-state index in [-0.39, 0.29) is 5.60 Å². The molecule has 0 heterocycles. The van der Waals surface area contributed by atoms with Crippen molar-refractivity contribution in [2.75, 3.05) is 14.2 Å². The largest absolute Gasteiger partial charge is 0.377 e. The van der Waals surface area contributed by atoms with Crippen molar-refractivity contribution in [1.82, 2.24) is 5.32 Å². The second-order valence-electron chi connectivity index (χ2n) is 4.97. The van der Waals surface area contributed by atoms with Gasteiger partial charge < -0.3 is 10.1 Å². The van der Waals surface area contributed by atoms with Crippen molar-refractivity contribution in [2.45, 2.75) is 64.0 Å². The number of hydrogen-bond donors (Lipinski definition) is 1. The van der Waals surface area contributed by atoms with Crippen LogP contribution in [-0.4, -0.2) is 25.8 Å². The molecule has 2 heteroatoms. The Balaban J connectivity index is 2.82. The molecule has 1 rings (SSSR count). The number of rotatable bonds is 5. The van der Waals surface area contributed by atoms with Crippen LogP contribution in [-0.2, 0) is 4.74 Å². The second kappa shape index (κ2) is 6.41. The van der Waals surface area contributed by atoms with Crippen molar-refractivity contribution in [1.29, 1.82) is 0 Å². The summed E-state index contributed by atoms with van der Waals surface area (Å²) in [6.07, 6.45) is 9.96. The summed E-state index contributed by atoms with van der Waals surface area (Å²) in [4.78, 5) is 0. The smallest absolute Gasteiger partial charge is 0.0838 e. The SMILES string of the molecule is CCC(C)(OC)C(NC)C1=CCCCCC1. The van der Waals surface area contributed by atoms with Gasteiger partial charge >= 0.3 is 0 Å². The quantitative estimate of drug-likeness (QED) is 0.725. The van der Waals surface area contributed by atoms with Gasteiger partial charge in [-0.15, -0.1) is 0 Å². The Kier molecular flexibility index (Phi) is 5.50. The zero-order chi connectivity index (χ0) is 12.0. The van der Waals surface area contributed by atoms with Crippen LogP contribution < -0.4 is 5.32 Å². The summed E-state index contributed by atoms with van der Waals surface area (Å²) in [5, 5.41) is 3.45. The van der Waals surface area contributed by atoms with Crippen molar-refractivity contribution < 1.29 is 4.74 Å². The molecule has 16 heavy (non-hydrogen) atoms. The summed E-state index contributed by atoms with van der Waals surface area (Å²) in [6, 6.07) is 0.362. The Morgan fingerprint density at radius 3 is 2.75 bits per heavy atom. The predicted octanol–water partition coefficient (Wildman–Crippen LogP) is 3.28. The molecule has 2 atom stereocenters. The second-order valence-corrected chi connectivity index (χ2v) is 4.97. The van der Waals surface area contributed by atoms with Crippen LogP contribution in [0.2, 0.25) is 0 Å². The lowest BCUT2D eigenvalue weighted by Crippen LogP contribution is -2.49. The van der Waals surface area contributed by atoms with E-state index in [1.807, 2.05) is 14.2 Å². The van der Waals surface area contributed by atoms with Gasteiger partial charge in [-0.05, 0) is 46.1 Å². The minimum absolute atomic E-state index is 0.0784. The fourth-order valence-corrected chi connectivity index (χ4v) is 2.65. The number of likely N-dealkylation sites (N-methyl/N-ethyl adjacent to an activating group) is 1. The standard InChI is InChI=1S/C14H27NO/c1-5-14(2,16-4)13(15-3)12-10-8-6-7-9-11-12/h10,13,15H,5-9,11H2,1-4H3. The van der Waals surface area contributed by atoms with Crippen molar-refractivity contribution in [3.8, 4) is 0 Å². The van der Waals surface area contributed by atoms with Gasteiger partial charge in [0.25, 0.3) is 0 Å². The normalized spacial score (nSPS) is 23.1. The molecule has 0 aromatic rings. The molecule has 0 aliphatic heterocycles. The lowest BCUT2D eigenvalue weighted by atomic mass is 9.85. The van der Waals surface area contributed by atoms with Crippen molar-refractivity contribution in [2.24, 2.45) is 0 Å². The lowest BCUT2D eigenvalue weighted by Gasteiger charge is -2.37. The monoisotopic (exact) mass is 225 g/mol. The van der Waals surface area contributed by atoms with E-state index in [0.717, 1.165) is 6.42 Å². The molecule has 1 aliphatic rings. The predicted molar refractivity (Wildman–Crippen MR) is 69.7 cm³/mol. The molecule has 0 bridgehead atoms. The average molecular weight is 225 g/mol. The maximum absolute atomic E-state index is 5.73. The van der Waals surface area contributed by atoms with E-state index >= 15 is 0 Å². The highest BCUT2D eigenvalue weighted by molar-refractivity contribution is 5.17. The van der Waals surface area contributed by atoms with Gasteiger partial charge in [-0.3, -0.25) is 0 Å². The Morgan fingerprint density at radius 2 is 2.19 bits per heavy atom. The van der Waals surface area contributed by atoms with Gasteiger partial charge in [0, 0.05) is 7.11 Å². The van der Waals surface area contributed by atoms with Crippen molar-refractivity contribution >= 4 is 0 Å². The topological polar surface area (TPSA) is 21.3 Å². The first-order chi connectivity index (χ1) is 7.68. The maximum atomic E-state index is 5.73. The van der Waals surface area contributed by atoms with Crippen LogP contribution in [0.4, 0.5) is 0 Å². The highest BCUT2D eigenvalue weighted by Gasteiger charge is 2.33. The molecule has 0 fully saturated rings. The first kappa shape index (κ1) is 13.7. The molecule has 0 aromatic heterocycles.